The SMILES string of the molecule is COC1(OC)CCN(C(=O)C2CCOC2)CC1. The van der Waals surface area contributed by atoms with Crippen molar-refractivity contribution in [2.75, 3.05) is 40.5 Å². The van der Waals surface area contributed by atoms with Gasteiger partial charge in [0.25, 0.3) is 0 Å². The van der Waals surface area contributed by atoms with Crippen LogP contribution in [0.4, 0.5) is 0 Å². The fourth-order valence-corrected chi connectivity index (χ4v) is 2.55. The highest BCUT2D eigenvalue weighted by molar-refractivity contribution is 5.79. The van der Waals surface area contributed by atoms with Crippen LogP contribution in [0, 0.1) is 5.92 Å². The minimum Gasteiger partial charge on any atom is -0.381 e. The lowest BCUT2D eigenvalue weighted by molar-refractivity contribution is -0.229. The van der Waals surface area contributed by atoms with Gasteiger partial charge in [-0.05, 0) is 6.42 Å². The van der Waals surface area contributed by atoms with Crippen LogP contribution in [0.25, 0.3) is 0 Å². The summed E-state index contributed by atoms with van der Waals surface area (Å²) < 4.78 is 16.0. The predicted molar refractivity (Wildman–Crippen MR) is 61.5 cm³/mol. The molecular formula is C12H21NO4. The van der Waals surface area contributed by atoms with Gasteiger partial charge in [0, 0.05) is 46.8 Å². The van der Waals surface area contributed by atoms with Crippen molar-refractivity contribution < 1.29 is 19.0 Å². The molecule has 2 aliphatic rings. The van der Waals surface area contributed by atoms with Crippen LogP contribution in [0.1, 0.15) is 19.3 Å². The molecule has 1 unspecified atom stereocenters. The zero-order valence-electron chi connectivity index (χ0n) is 10.6. The van der Waals surface area contributed by atoms with Crippen LogP contribution in [0.2, 0.25) is 0 Å². The monoisotopic (exact) mass is 243 g/mol. The second-order valence-corrected chi connectivity index (χ2v) is 4.70. The average Bonchev–Trinajstić information content (AvgIpc) is 2.92. The third kappa shape index (κ3) is 2.61. The Balaban J connectivity index is 1.87. The standard InChI is InChI=1S/C12H21NO4/c1-15-12(16-2)4-6-13(7-5-12)11(14)10-3-8-17-9-10/h10H,3-9H2,1-2H3. The van der Waals surface area contributed by atoms with Crippen molar-refractivity contribution in [2.24, 2.45) is 5.92 Å². The Hall–Kier alpha value is -0.650. The van der Waals surface area contributed by atoms with Crippen molar-refractivity contribution in [1.29, 1.82) is 0 Å². The van der Waals surface area contributed by atoms with E-state index in [1.807, 2.05) is 4.90 Å². The summed E-state index contributed by atoms with van der Waals surface area (Å²) in [6.07, 6.45) is 2.33. The molecule has 0 spiro atoms. The zero-order valence-corrected chi connectivity index (χ0v) is 10.6. The van der Waals surface area contributed by atoms with E-state index < -0.39 is 5.79 Å². The summed E-state index contributed by atoms with van der Waals surface area (Å²) in [6, 6.07) is 0. The number of carbonyl (C=O) groups excluding carboxylic acids is 1. The van der Waals surface area contributed by atoms with Crippen LogP contribution in [-0.4, -0.2) is 57.1 Å². The summed E-state index contributed by atoms with van der Waals surface area (Å²) in [4.78, 5) is 14.1. The molecule has 0 saturated carbocycles. The molecule has 2 saturated heterocycles. The van der Waals surface area contributed by atoms with E-state index in [2.05, 4.69) is 0 Å². The molecule has 17 heavy (non-hydrogen) atoms. The smallest absolute Gasteiger partial charge is 0.228 e. The summed E-state index contributed by atoms with van der Waals surface area (Å²) >= 11 is 0. The fourth-order valence-electron chi connectivity index (χ4n) is 2.55. The summed E-state index contributed by atoms with van der Waals surface area (Å²) in [6.45, 7) is 2.70. The molecule has 0 aliphatic carbocycles. The van der Waals surface area contributed by atoms with Gasteiger partial charge in [0.15, 0.2) is 5.79 Å². The number of hydrogen-bond donors (Lipinski definition) is 0. The van der Waals surface area contributed by atoms with Gasteiger partial charge in [-0.3, -0.25) is 4.79 Å². The number of rotatable bonds is 3. The molecule has 98 valence electrons. The Bertz CT molecular complexity index is 262. The molecule has 2 aliphatic heterocycles. The Labute approximate surface area is 102 Å². The highest BCUT2D eigenvalue weighted by Crippen LogP contribution is 2.28. The number of nitrogens with zero attached hydrogens (tertiary/aromatic N) is 1. The first kappa shape index (κ1) is 12.8. The zero-order chi connectivity index (χ0) is 12.3. The number of carbonyl (C=O) groups is 1. The summed E-state index contributed by atoms with van der Waals surface area (Å²) in [7, 11) is 3.32. The third-order valence-electron chi connectivity index (χ3n) is 3.86. The number of methoxy groups -OCH3 is 2. The van der Waals surface area contributed by atoms with Crippen LogP contribution >= 0.6 is 0 Å². The van der Waals surface area contributed by atoms with Gasteiger partial charge in [-0.2, -0.15) is 0 Å². The third-order valence-corrected chi connectivity index (χ3v) is 3.86. The maximum atomic E-state index is 12.2. The van der Waals surface area contributed by atoms with Gasteiger partial charge in [0.05, 0.1) is 12.5 Å². The van der Waals surface area contributed by atoms with Crippen molar-refractivity contribution in [2.45, 2.75) is 25.0 Å². The number of likely N-dealkylation sites (tertiary alicyclic amines) is 1. The van der Waals surface area contributed by atoms with E-state index in [0.717, 1.165) is 19.3 Å². The maximum Gasteiger partial charge on any atom is 0.228 e. The molecule has 5 nitrogen and oxygen atoms in total. The first-order chi connectivity index (χ1) is 8.21. The predicted octanol–water partition coefficient (Wildman–Crippen LogP) is 0.634. The molecule has 2 heterocycles. The van der Waals surface area contributed by atoms with Crippen molar-refractivity contribution in [3.8, 4) is 0 Å². The summed E-state index contributed by atoms with van der Waals surface area (Å²) in [5, 5.41) is 0. The number of hydrogen-bond acceptors (Lipinski definition) is 4. The number of ether oxygens (including phenoxy) is 3. The summed E-state index contributed by atoms with van der Waals surface area (Å²) in [5.74, 6) is -0.209. The molecule has 0 radical (unpaired) electrons. The molecule has 0 bridgehead atoms. The van der Waals surface area contributed by atoms with Crippen LogP contribution in [-0.2, 0) is 19.0 Å². The first-order valence-electron chi connectivity index (χ1n) is 6.17. The normalized spacial score (nSPS) is 28.4. The van der Waals surface area contributed by atoms with Gasteiger partial charge < -0.3 is 19.1 Å². The van der Waals surface area contributed by atoms with Gasteiger partial charge in [-0.15, -0.1) is 0 Å². The van der Waals surface area contributed by atoms with E-state index in [1.54, 1.807) is 14.2 Å². The van der Waals surface area contributed by atoms with E-state index in [-0.39, 0.29) is 11.8 Å². The molecular weight excluding hydrogens is 222 g/mol. The van der Waals surface area contributed by atoms with Crippen LogP contribution < -0.4 is 0 Å². The Morgan fingerprint density at radius 3 is 2.41 bits per heavy atom. The number of piperidine rings is 1. The van der Waals surface area contributed by atoms with Gasteiger partial charge in [0.1, 0.15) is 0 Å². The van der Waals surface area contributed by atoms with Crippen LogP contribution in [0.5, 0.6) is 0 Å². The first-order valence-corrected chi connectivity index (χ1v) is 6.17. The Kier molecular flexibility index (Phi) is 4.01. The van der Waals surface area contributed by atoms with Gasteiger partial charge in [-0.25, -0.2) is 0 Å². The van der Waals surface area contributed by atoms with E-state index >= 15 is 0 Å². The quantitative estimate of drug-likeness (QED) is 0.682. The van der Waals surface area contributed by atoms with Crippen LogP contribution in [0.3, 0.4) is 0 Å². The van der Waals surface area contributed by atoms with E-state index in [1.165, 1.54) is 0 Å². The molecule has 1 atom stereocenters. The van der Waals surface area contributed by atoms with Crippen LogP contribution in [0.15, 0.2) is 0 Å². The molecule has 0 aromatic carbocycles. The lowest BCUT2D eigenvalue weighted by atomic mass is 10.0. The maximum absolute atomic E-state index is 12.2. The minimum atomic E-state index is -0.497. The van der Waals surface area contributed by atoms with Crippen molar-refractivity contribution in [3.05, 3.63) is 0 Å². The largest absolute Gasteiger partial charge is 0.381 e. The van der Waals surface area contributed by atoms with Crippen molar-refractivity contribution in [1.82, 2.24) is 4.90 Å². The topological polar surface area (TPSA) is 48.0 Å². The molecule has 0 N–H and O–H groups in total. The molecule has 1 amide bonds. The highest BCUT2D eigenvalue weighted by atomic mass is 16.7. The molecule has 5 heteroatoms. The van der Waals surface area contributed by atoms with Gasteiger partial charge in [-0.1, -0.05) is 0 Å². The van der Waals surface area contributed by atoms with E-state index in [0.29, 0.717) is 26.3 Å². The Morgan fingerprint density at radius 1 is 1.29 bits per heavy atom. The molecule has 0 aromatic rings. The van der Waals surface area contributed by atoms with Gasteiger partial charge in [0.2, 0.25) is 5.91 Å². The van der Waals surface area contributed by atoms with Crippen molar-refractivity contribution >= 4 is 5.91 Å². The van der Waals surface area contributed by atoms with E-state index in [4.69, 9.17) is 14.2 Å². The summed E-state index contributed by atoms with van der Waals surface area (Å²) in [5.41, 5.74) is 0. The lowest BCUT2D eigenvalue weighted by Gasteiger charge is -2.40. The van der Waals surface area contributed by atoms with Gasteiger partial charge >= 0.3 is 0 Å². The Morgan fingerprint density at radius 2 is 1.94 bits per heavy atom. The minimum absolute atomic E-state index is 0.0626. The fraction of sp³-hybridized carbons (Fsp3) is 0.917. The second kappa shape index (κ2) is 5.33. The second-order valence-electron chi connectivity index (χ2n) is 4.70. The molecule has 0 aromatic heterocycles. The number of amides is 1. The average molecular weight is 243 g/mol. The highest BCUT2D eigenvalue weighted by Gasteiger charge is 2.38. The van der Waals surface area contributed by atoms with E-state index in [9.17, 15) is 4.79 Å². The van der Waals surface area contributed by atoms with Crippen molar-refractivity contribution in [3.63, 3.8) is 0 Å². The lowest BCUT2D eigenvalue weighted by Crippen LogP contribution is -2.50. The molecule has 2 fully saturated rings. The molecule has 2 rings (SSSR count).